The number of rotatable bonds is 6. The minimum absolute atomic E-state index is 0.563. The Balaban J connectivity index is 1.75. The highest BCUT2D eigenvalue weighted by molar-refractivity contribution is 5.31. The van der Waals surface area contributed by atoms with Crippen LogP contribution in [0, 0.1) is 0 Å². The van der Waals surface area contributed by atoms with Crippen molar-refractivity contribution in [3.8, 4) is 0 Å². The highest BCUT2D eigenvalue weighted by Crippen LogP contribution is 2.33. The van der Waals surface area contributed by atoms with E-state index in [0.29, 0.717) is 11.8 Å². The summed E-state index contributed by atoms with van der Waals surface area (Å²) < 4.78 is 0. The molecule has 0 saturated carbocycles. The van der Waals surface area contributed by atoms with Gasteiger partial charge in [0.2, 0.25) is 0 Å². The maximum absolute atomic E-state index is 2.43. The first-order valence-corrected chi connectivity index (χ1v) is 8.95. The van der Waals surface area contributed by atoms with E-state index >= 15 is 0 Å². The van der Waals surface area contributed by atoms with E-state index in [0.717, 1.165) is 12.8 Å². The van der Waals surface area contributed by atoms with Crippen LogP contribution in [0.25, 0.3) is 0 Å². The molecule has 2 aromatic carbocycles. The lowest BCUT2D eigenvalue weighted by molar-refractivity contribution is 0.561. The van der Waals surface area contributed by atoms with Gasteiger partial charge in [-0.05, 0) is 47.8 Å². The molecule has 0 spiro atoms. The van der Waals surface area contributed by atoms with E-state index in [4.69, 9.17) is 0 Å². The Labute approximate surface area is 146 Å². The predicted molar refractivity (Wildman–Crippen MR) is 104 cm³/mol. The van der Waals surface area contributed by atoms with Gasteiger partial charge in [-0.2, -0.15) is 0 Å². The summed E-state index contributed by atoms with van der Waals surface area (Å²) in [4.78, 5) is 0. The van der Waals surface area contributed by atoms with Crippen molar-refractivity contribution in [2.45, 2.75) is 38.0 Å². The molecule has 0 fully saturated rings. The molecule has 0 N–H and O–H groups in total. The van der Waals surface area contributed by atoms with Gasteiger partial charge < -0.3 is 0 Å². The zero-order valence-corrected chi connectivity index (χ0v) is 14.4. The zero-order chi connectivity index (χ0) is 16.6. The van der Waals surface area contributed by atoms with Crippen molar-refractivity contribution in [2.75, 3.05) is 0 Å². The molecular weight excluding hydrogens is 288 g/mol. The molecule has 0 bridgehead atoms. The first-order chi connectivity index (χ1) is 11.8. The second-order valence-corrected chi connectivity index (χ2v) is 6.66. The molecule has 122 valence electrons. The van der Waals surface area contributed by atoms with E-state index in [1.165, 1.54) is 23.1 Å². The fraction of sp³-hybridized carbons (Fsp3) is 0.250. The van der Waals surface area contributed by atoms with Gasteiger partial charge in [-0.1, -0.05) is 98.0 Å². The van der Waals surface area contributed by atoms with E-state index in [-0.39, 0.29) is 0 Å². The quantitative estimate of drug-likeness (QED) is 0.550. The van der Waals surface area contributed by atoms with Crippen molar-refractivity contribution in [3.05, 3.63) is 108 Å². The summed E-state index contributed by atoms with van der Waals surface area (Å²) in [7, 11) is 0. The van der Waals surface area contributed by atoms with E-state index < -0.39 is 0 Å². The first kappa shape index (κ1) is 16.5. The first-order valence-electron chi connectivity index (χ1n) is 8.95. The van der Waals surface area contributed by atoms with E-state index in [1.54, 1.807) is 0 Å². The van der Waals surface area contributed by atoms with Crippen LogP contribution in [0.2, 0.25) is 0 Å². The zero-order valence-electron chi connectivity index (χ0n) is 14.4. The molecule has 2 unspecified atom stereocenters. The van der Waals surface area contributed by atoms with Crippen LogP contribution in [-0.2, 0) is 0 Å². The SMILES string of the molecule is CC(CC(C/C=C1/C=CC=CC1)c1ccccc1)c1ccccc1. The normalized spacial score (nSPS) is 17.8. The standard InChI is InChI=1S/C24H26/c1-20(22-13-7-3-8-14-22)19-24(23-15-9-4-10-16-23)18-17-21-11-5-2-6-12-21/h2-11,13-17,20,24H,12,18-19H2,1H3/b21-17-. The van der Waals surface area contributed by atoms with Gasteiger partial charge in [-0.15, -0.1) is 0 Å². The van der Waals surface area contributed by atoms with Crippen molar-refractivity contribution in [1.29, 1.82) is 0 Å². The van der Waals surface area contributed by atoms with Gasteiger partial charge in [-0.25, -0.2) is 0 Å². The van der Waals surface area contributed by atoms with Crippen LogP contribution < -0.4 is 0 Å². The molecule has 0 radical (unpaired) electrons. The predicted octanol–water partition coefficient (Wildman–Crippen LogP) is 6.80. The van der Waals surface area contributed by atoms with Gasteiger partial charge in [0.15, 0.2) is 0 Å². The van der Waals surface area contributed by atoms with Crippen molar-refractivity contribution in [2.24, 2.45) is 0 Å². The smallest absolute Gasteiger partial charge is 0.00975 e. The summed E-state index contributed by atoms with van der Waals surface area (Å²) in [6.45, 7) is 2.35. The van der Waals surface area contributed by atoms with Crippen LogP contribution in [0.4, 0.5) is 0 Å². The number of hydrogen-bond acceptors (Lipinski definition) is 0. The summed E-state index contributed by atoms with van der Waals surface area (Å²) in [5, 5.41) is 0. The van der Waals surface area contributed by atoms with Gasteiger partial charge in [0.1, 0.15) is 0 Å². The minimum Gasteiger partial charge on any atom is -0.0804 e. The van der Waals surface area contributed by atoms with Crippen molar-refractivity contribution in [1.82, 2.24) is 0 Å². The van der Waals surface area contributed by atoms with Crippen molar-refractivity contribution >= 4 is 0 Å². The van der Waals surface area contributed by atoms with E-state index in [1.807, 2.05) is 0 Å². The molecule has 2 atom stereocenters. The number of allylic oxidation sites excluding steroid dienone is 6. The molecule has 2 aromatic rings. The third-order valence-electron chi connectivity index (χ3n) is 4.85. The summed E-state index contributed by atoms with van der Waals surface area (Å²) in [6, 6.07) is 21.9. The molecule has 0 nitrogen and oxygen atoms in total. The fourth-order valence-corrected chi connectivity index (χ4v) is 3.41. The van der Waals surface area contributed by atoms with E-state index in [2.05, 4.69) is 98.0 Å². The lowest BCUT2D eigenvalue weighted by Crippen LogP contribution is -2.04. The van der Waals surface area contributed by atoms with Crippen LogP contribution in [0.1, 0.15) is 49.1 Å². The molecule has 1 aliphatic carbocycles. The molecule has 3 rings (SSSR count). The Morgan fingerprint density at radius 1 is 0.875 bits per heavy atom. The molecule has 1 aliphatic rings. The number of hydrogen-bond donors (Lipinski definition) is 0. The van der Waals surface area contributed by atoms with Crippen molar-refractivity contribution in [3.63, 3.8) is 0 Å². The highest BCUT2D eigenvalue weighted by atomic mass is 14.2. The van der Waals surface area contributed by atoms with Crippen LogP contribution in [-0.4, -0.2) is 0 Å². The maximum atomic E-state index is 2.43. The second kappa shape index (κ2) is 8.49. The second-order valence-electron chi connectivity index (χ2n) is 6.66. The lowest BCUT2D eigenvalue weighted by Gasteiger charge is -2.21. The monoisotopic (exact) mass is 314 g/mol. The Morgan fingerprint density at radius 3 is 2.17 bits per heavy atom. The molecule has 0 aromatic heterocycles. The fourth-order valence-electron chi connectivity index (χ4n) is 3.41. The summed E-state index contributed by atoms with van der Waals surface area (Å²) >= 11 is 0. The van der Waals surface area contributed by atoms with E-state index in [9.17, 15) is 0 Å². The number of benzene rings is 2. The Morgan fingerprint density at radius 2 is 1.54 bits per heavy atom. The lowest BCUT2D eigenvalue weighted by atomic mass is 9.83. The van der Waals surface area contributed by atoms with Crippen LogP contribution in [0.5, 0.6) is 0 Å². The van der Waals surface area contributed by atoms with Gasteiger partial charge in [0.05, 0.1) is 0 Å². The average molecular weight is 314 g/mol. The van der Waals surface area contributed by atoms with Crippen LogP contribution in [0.3, 0.4) is 0 Å². The minimum atomic E-state index is 0.563. The van der Waals surface area contributed by atoms with Crippen LogP contribution >= 0.6 is 0 Å². The maximum Gasteiger partial charge on any atom is -0.00975 e. The van der Waals surface area contributed by atoms with Crippen LogP contribution in [0.15, 0.2) is 96.6 Å². The van der Waals surface area contributed by atoms with Gasteiger partial charge in [-0.3, -0.25) is 0 Å². The molecular formula is C24H26. The largest absolute Gasteiger partial charge is 0.0804 e. The Bertz CT molecular complexity index is 704. The average Bonchev–Trinajstić information content (AvgIpc) is 2.67. The Kier molecular flexibility index (Phi) is 5.85. The molecule has 0 amide bonds. The third-order valence-corrected chi connectivity index (χ3v) is 4.85. The topological polar surface area (TPSA) is 0 Å². The summed E-state index contributed by atoms with van der Waals surface area (Å²) in [5.41, 5.74) is 4.32. The van der Waals surface area contributed by atoms with Gasteiger partial charge in [0.25, 0.3) is 0 Å². The highest BCUT2D eigenvalue weighted by Gasteiger charge is 2.16. The van der Waals surface area contributed by atoms with Gasteiger partial charge in [0, 0.05) is 0 Å². The molecule has 0 heteroatoms. The summed E-state index contributed by atoms with van der Waals surface area (Å²) in [5.74, 6) is 1.13. The third kappa shape index (κ3) is 4.58. The van der Waals surface area contributed by atoms with Crippen molar-refractivity contribution < 1.29 is 0 Å². The molecule has 0 saturated heterocycles. The summed E-state index contributed by atoms with van der Waals surface area (Å²) in [6.07, 6.45) is 14.5. The van der Waals surface area contributed by atoms with Gasteiger partial charge >= 0.3 is 0 Å². The Hall–Kier alpha value is -2.34. The molecule has 0 aliphatic heterocycles. The molecule has 24 heavy (non-hydrogen) atoms. The molecule has 0 heterocycles.